The molecule has 1 atom stereocenters. The molecule has 1 unspecified atom stereocenters. The van der Waals surface area contributed by atoms with Crippen LogP contribution in [0.2, 0.25) is 0 Å². The van der Waals surface area contributed by atoms with Crippen molar-refractivity contribution in [2.75, 3.05) is 23.0 Å². The number of amides is 1. The zero-order chi connectivity index (χ0) is 14.7. The van der Waals surface area contributed by atoms with E-state index in [9.17, 15) is 14.0 Å². The van der Waals surface area contributed by atoms with Crippen LogP contribution >= 0.6 is 11.8 Å². The minimum absolute atomic E-state index is 0.0539. The molecule has 1 amide bonds. The Bertz CT molecular complexity index is 538. The summed E-state index contributed by atoms with van der Waals surface area (Å²) in [5, 5.41) is 8.96. The largest absolute Gasteiger partial charge is 0.481 e. The number of rotatable bonds is 4. The zero-order valence-corrected chi connectivity index (χ0v) is 11.5. The van der Waals surface area contributed by atoms with Gasteiger partial charge in [0.05, 0.1) is 17.7 Å². The number of halogens is 1. The summed E-state index contributed by atoms with van der Waals surface area (Å²) in [6.45, 7) is 0.562. The molecule has 0 bridgehead atoms. The molecule has 0 saturated carbocycles. The van der Waals surface area contributed by atoms with E-state index in [1.807, 2.05) is 0 Å². The molecule has 5 nitrogen and oxygen atoms in total. The minimum atomic E-state index is -0.917. The number of thioether (sulfide) groups is 1. The molecule has 108 valence electrons. The van der Waals surface area contributed by atoms with Gasteiger partial charge in [-0.05, 0) is 12.1 Å². The van der Waals surface area contributed by atoms with Crippen LogP contribution in [0.25, 0.3) is 0 Å². The van der Waals surface area contributed by atoms with Gasteiger partial charge in [-0.2, -0.15) is 11.8 Å². The van der Waals surface area contributed by atoms with Gasteiger partial charge in [-0.15, -0.1) is 0 Å². The molecule has 1 aliphatic heterocycles. The highest BCUT2D eigenvalue weighted by atomic mass is 32.2. The molecule has 0 aliphatic carbocycles. The smallest absolute Gasteiger partial charge is 0.305 e. The normalized spacial score (nSPS) is 18.9. The fourth-order valence-corrected chi connectivity index (χ4v) is 3.40. The number of benzene rings is 1. The van der Waals surface area contributed by atoms with Gasteiger partial charge in [-0.25, -0.2) is 4.39 Å². The van der Waals surface area contributed by atoms with E-state index in [0.717, 1.165) is 5.75 Å². The lowest BCUT2D eigenvalue weighted by molar-refractivity contribution is -0.137. The van der Waals surface area contributed by atoms with Gasteiger partial charge in [0.15, 0.2) is 0 Å². The van der Waals surface area contributed by atoms with Crippen LogP contribution in [-0.4, -0.2) is 41.1 Å². The van der Waals surface area contributed by atoms with Crippen LogP contribution < -0.4 is 10.6 Å². The predicted octanol–water partition coefficient (Wildman–Crippen LogP) is 1.32. The molecule has 0 aromatic heterocycles. The van der Waals surface area contributed by atoms with Crippen LogP contribution in [0.1, 0.15) is 16.8 Å². The fraction of sp³-hybridized carbons (Fsp3) is 0.385. The Morgan fingerprint density at radius 2 is 2.25 bits per heavy atom. The molecular weight excluding hydrogens is 283 g/mol. The molecule has 1 saturated heterocycles. The SMILES string of the molecule is NC(=O)c1c(F)cccc1N1CCSCC1CC(=O)O. The van der Waals surface area contributed by atoms with Crippen molar-refractivity contribution in [3.05, 3.63) is 29.6 Å². The van der Waals surface area contributed by atoms with Crippen molar-refractivity contribution in [3.8, 4) is 0 Å². The fourth-order valence-electron chi connectivity index (χ4n) is 2.34. The summed E-state index contributed by atoms with van der Waals surface area (Å²) in [5.74, 6) is -1.02. The first-order chi connectivity index (χ1) is 9.50. The highest BCUT2D eigenvalue weighted by molar-refractivity contribution is 7.99. The van der Waals surface area contributed by atoms with Gasteiger partial charge in [0.25, 0.3) is 5.91 Å². The van der Waals surface area contributed by atoms with Crippen LogP contribution in [-0.2, 0) is 4.79 Å². The van der Waals surface area contributed by atoms with Gasteiger partial charge < -0.3 is 15.7 Å². The first-order valence-electron chi connectivity index (χ1n) is 6.15. The van der Waals surface area contributed by atoms with Crippen molar-refractivity contribution in [2.24, 2.45) is 5.73 Å². The van der Waals surface area contributed by atoms with Crippen LogP contribution in [0.3, 0.4) is 0 Å². The van der Waals surface area contributed by atoms with E-state index in [4.69, 9.17) is 10.8 Å². The van der Waals surface area contributed by atoms with Gasteiger partial charge in [0.2, 0.25) is 0 Å². The summed E-state index contributed by atoms with van der Waals surface area (Å²) in [7, 11) is 0. The van der Waals surface area contributed by atoms with Gasteiger partial charge in [0.1, 0.15) is 5.82 Å². The third-order valence-electron chi connectivity index (χ3n) is 3.19. The second-order valence-corrected chi connectivity index (χ2v) is 5.67. The Morgan fingerprint density at radius 3 is 2.90 bits per heavy atom. The van der Waals surface area contributed by atoms with Crippen LogP contribution in [0, 0.1) is 5.82 Å². The highest BCUT2D eigenvalue weighted by Crippen LogP contribution is 2.29. The molecule has 7 heteroatoms. The number of carbonyl (C=O) groups excluding carboxylic acids is 1. The molecule has 1 aliphatic rings. The highest BCUT2D eigenvalue weighted by Gasteiger charge is 2.28. The first kappa shape index (κ1) is 14.6. The van der Waals surface area contributed by atoms with E-state index in [0.29, 0.717) is 18.0 Å². The number of anilines is 1. The van der Waals surface area contributed by atoms with Crippen molar-refractivity contribution in [3.63, 3.8) is 0 Å². The number of carboxylic acids is 1. The molecule has 1 aromatic carbocycles. The summed E-state index contributed by atoms with van der Waals surface area (Å²) in [4.78, 5) is 24.1. The maximum atomic E-state index is 13.8. The summed E-state index contributed by atoms with van der Waals surface area (Å²) < 4.78 is 13.8. The maximum absolute atomic E-state index is 13.8. The lowest BCUT2D eigenvalue weighted by atomic mass is 10.1. The van der Waals surface area contributed by atoms with Gasteiger partial charge in [-0.1, -0.05) is 6.07 Å². The minimum Gasteiger partial charge on any atom is -0.481 e. The van der Waals surface area contributed by atoms with Crippen molar-refractivity contribution in [2.45, 2.75) is 12.5 Å². The van der Waals surface area contributed by atoms with E-state index in [2.05, 4.69) is 0 Å². The first-order valence-corrected chi connectivity index (χ1v) is 7.30. The van der Waals surface area contributed by atoms with Gasteiger partial charge in [0, 0.05) is 24.1 Å². The molecule has 2 rings (SSSR count). The molecule has 0 radical (unpaired) electrons. The average Bonchev–Trinajstić information content (AvgIpc) is 2.38. The second kappa shape index (κ2) is 6.13. The summed E-state index contributed by atoms with van der Waals surface area (Å²) in [6, 6.07) is 4.00. The van der Waals surface area contributed by atoms with Crippen molar-refractivity contribution in [1.82, 2.24) is 0 Å². The number of nitrogens with two attached hydrogens (primary N) is 1. The van der Waals surface area contributed by atoms with Crippen molar-refractivity contribution < 1.29 is 19.1 Å². The average molecular weight is 298 g/mol. The van der Waals surface area contributed by atoms with E-state index >= 15 is 0 Å². The second-order valence-electron chi connectivity index (χ2n) is 4.52. The Balaban J connectivity index is 2.39. The zero-order valence-electron chi connectivity index (χ0n) is 10.7. The topological polar surface area (TPSA) is 83.6 Å². The molecular formula is C13H15FN2O3S. The lowest BCUT2D eigenvalue weighted by Gasteiger charge is -2.37. The monoisotopic (exact) mass is 298 g/mol. The standard InChI is InChI=1S/C13H15FN2O3S/c14-9-2-1-3-10(12(9)13(15)19)16-4-5-20-7-8(16)6-11(17)18/h1-3,8H,4-7H2,(H2,15,19)(H,17,18). The molecule has 1 aromatic rings. The van der Waals surface area contributed by atoms with E-state index in [-0.39, 0.29) is 18.0 Å². The molecule has 0 spiro atoms. The molecule has 20 heavy (non-hydrogen) atoms. The lowest BCUT2D eigenvalue weighted by Crippen LogP contribution is -2.44. The Hall–Kier alpha value is -1.76. The quantitative estimate of drug-likeness (QED) is 0.876. The Labute approximate surface area is 119 Å². The van der Waals surface area contributed by atoms with Crippen molar-refractivity contribution in [1.29, 1.82) is 0 Å². The Kier molecular flexibility index (Phi) is 4.49. The van der Waals surface area contributed by atoms with Crippen LogP contribution in [0.4, 0.5) is 10.1 Å². The van der Waals surface area contributed by atoms with Gasteiger partial charge in [-0.3, -0.25) is 9.59 Å². The van der Waals surface area contributed by atoms with E-state index in [1.165, 1.54) is 12.1 Å². The summed E-state index contributed by atoms with van der Waals surface area (Å²) >= 11 is 1.65. The number of hydrogen-bond donors (Lipinski definition) is 2. The molecule has 1 heterocycles. The van der Waals surface area contributed by atoms with Crippen LogP contribution in [0.5, 0.6) is 0 Å². The Morgan fingerprint density at radius 1 is 1.50 bits per heavy atom. The third-order valence-corrected chi connectivity index (χ3v) is 4.28. The molecule has 1 fully saturated rings. The number of hydrogen-bond acceptors (Lipinski definition) is 4. The number of aliphatic carboxylic acids is 1. The molecule has 3 N–H and O–H groups in total. The number of carboxylic acid groups (broad SMARTS) is 1. The van der Waals surface area contributed by atoms with Crippen LogP contribution in [0.15, 0.2) is 18.2 Å². The summed E-state index contributed by atoms with van der Waals surface area (Å²) in [6.07, 6.45) is -0.0539. The number of primary amides is 1. The number of carbonyl (C=O) groups is 2. The summed E-state index contributed by atoms with van der Waals surface area (Å²) in [5.41, 5.74) is 5.45. The van der Waals surface area contributed by atoms with Gasteiger partial charge >= 0.3 is 5.97 Å². The third kappa shape index (κ3) is 3.04. The predicted molar refractivity (Wildman–Crippen MR) is 75.6 cm³/mol. The van der Waals surface area contributed by atoms with E-state index in [1.54, 1.807) is 22.7 Å². The maximum Gasteiger partial charge on any atom is 0.305 e. The van der Waals surface area contributed by atoms with E-state index < -0.39 is 17.7 Å². The van der Waals surface area contributed by atoms with Crippen molar-refractivity contribution >= 4 is 29.3 Å². The number of nitrogens with zero attached hydrogens (tertiary/aromatic N) is 1.